The van der Waals surface area contributed by atoms with E-state index < -0.39 is 52.4 Å². The number of halogens is 1. The molecule has 154 valence electrons. The summed E-state index contributed by atoms with van der Waals surface area (Å²) in [6, 6.07) is 0. The second-order valence-electron chi connectivity index (χ2n) is 6.01. The van der Waals surface area contributed by atoms with Crippen molar-refractivity contribution >= 4 is 16.4 Å². The standard InChI is InChI=1S/C14H25FO10S/c1-7-22-11(16)12(2,15)10(25-26(17,18)19)9-8-23-13(3,20-5)14(4,21-6)24-9/h9-10H,7-8H2,1-6H3,(H,17,18,19)/t9-,10?,12?,13?,14?/m1/s1. The Kier molecular flexibility index (Phi) is 7.13. The summed E-state index contributed by atoms with van der Waals surface area (Å²) < 4.78 is 77.1. The first kappa shape index (κ1) is 23.1. The van der Waals surface area contributed by atoms with E-state index in [1.54, 1.807) is 0 Å². The number of hydrogen-bond acceptors (Lipinski definition) is 9. The molecule has 0 aromatic heterocycles. The van der Waals surface area contributed by atoms with Gasteiger partial charge in [-0.2, -0.15) is 8.42 Å². The number of alkyl halides is 1. The number of esters is 1. The molecule has 1 saturated heterocycles. The predicted molar refractivity (Wildman–Crippen MR) is 84.2 cm³/mol. The number of rotatable bonds is 8. The zero-order valence-electron chi connectivity index (χ0n) is 15.5. The van der Waals surface area contributed by atoms with Crippen LogP contribution in [0.3, 0.4) is 0 Å². The Morgan fingerprint density at radius 2 is 1.88 bits per heavy atom. The van der Waals surface area contributed by atoms with Crippen molar-refractivity contribution in [2.24, 2.45) is 0 Å². The molecule has 4 unspecified atom stereocenters. The summed E-state index contributed by atoms with van der Waals surface area (Å²) in [7, 11) is -2.55. The Labute approximate surface area is 151 Å². The van der Waals surface area contributed by atoms with E-state index in [2.05, 4.69) is 8.92 Å². The molecule has 0 aliphatic carbocycles. The van der Waals surface area contributed by atoms with E-state index in [0.717, 1.165) is 6.92 Å². The highest BCUT2D eigenvalue weighted by molar-refractivity contribution is 7.80. The minimum Gasteiger partial charge on any atom is -0.464 e. The van der Waals surface area contributed by atoms with Crippen molar-refractivity contribution in [3.8, 4) is 0 Å². The Morgan fingerprint density at radius 3 is 2.31 bits per heavy atom. The summed E-state index contributed by atoms with van der Waals surface area (Å²) in [4.78, 5) is 11.9. The van der Waals surface area contributed by atoms with E-state index >= 15 is 4.39 Å². The molecule has 0 saturated carbocycles. The zero-order valence-corrected chi connectivity index (χ0v) is 16.3. The molecule has 5 atom stereocenters. The van der Waals surface area contributed by atoms with Crippen molar-refractivity contribution in [2.75, 3.05) is 27.4 Å². The summed E-state index contributed by atoms with van der Waals surface area (Å²) in [5.74, 6) is -4.43. The van der Waals surface area contributed by atoms with E-state index in [-0.39, 0.29) is 6.61 Å². The van der Waals surface area contributed by atoms with Gasteiger partial charge in [0.25, 0.3) is 0 Å². The van der Waals surface area contributed by atoms with Gasteiger partial charge in [0.15, 0.2) is 6.10 Å². The molecule has 1 N–H and O–H groups in total. The van der Waals surface area contributed by atoms with Gasteiger partial charge < -0.3 is 23.7 Å². The summed E-state index contributed by atoms with van der Waals surface area (Å²) in [5, 5.41) is 0. The van der Waals surface area contributed by atoms with E-state index in [0.29, 0.717) is 0 Å². The molecule has 1 aliphatic heterocycles. The van der Waals surface area contributed by atoms with Gasteiger partial charge in [0, 0.05) is 14.2 Å². The molecule has 0 aromatic rings. The lowest BCUT2D eigenvalue weighted by Gasteiger charge is -2.50. The number of carbonyl (C=O) groups is 1. The van der Waals surface area contributed by atoms with Gasteiger partial charge in [-0.3, -0.25) is 4.55 Å². The Hall–Kier alpha value is -0.890. The summed E-state index contributed by atoms with van der Waals surface area (Å²) in [6.07, 6.45) is -3.59. The molecule has 12 heteroatoms. The van der Waals surface area contributed by atoms with Crippen LogP contribution < -0.4 is 0 Å². The minimum absolute atomic E-state index is 0.156. The van der Waals surface area contributed by atoms with Crippen molar-refractivity contribution < 1.29 is 50.0 Å². The Morgan fingerprint density at radius 1 is 1.35 bits per heavy atom. The second kappa shape index (κ2) is 8.00. The second-order valence-corrected chi connectivity index (χ2v) is 7.06. The highest BCUT2D eigenvalue weighted by Gasteiger charge is 2.59. The fraction of sp³-hybridized carbons (Fsp3) is 0.929. The van der Waals surface area contributed by atoms with Crippen LogP contribution in [0.15, 0.2) is 0 Å². The molecule has 0 radical (unpaired) electrons. The van der Waals surface area contributed by atoms with Crippen molar-refractivity contribution in [2.45, 2.75) is 57.1 Å². The third-order valence-electron chi connectivity index (χ3n) is 4.28. The van der Waals surface area contributed by atoms with Gasteiger partial charge in [-0.1, -0.05) is 0 Å². The first-order valence-corrected chi connectivity index (χ1v) is 9.06. The van der Waals surface area contributed by atoms with Gasteiger partial charge in [-0.05, 0) is 27.7 Å². The lowest BCUT2D eigenvalue weighted by molar-refractivity contribution is -0.438. The van der Waals surface area contributed by atoms with E-state index in [1.807, 2.05) is 0 Å². The van der Waals surface area contributed by atoms with E-state index in [4.69, 9.17) is 23.5 Å². The third kappa shape index (κ3) is 4.68. The van der Waals surface area contributed by atoms with Crippen LogP contribution >= 0.6 is 0 Å². The molecule has 1 aliphatic rings. The number of ether oxygens (including phenoxy) is 5. The Balaban J connectivity index is 3.26. The van der Waals surface area contributed by atoms with Crippen molar-refractivity contribution in [3.63, 3.8) is 0 Å². The fourth-order valence-electron chi connectivity index (χ4n) is 2.45. The summed E-state index contributed by atoms with van der Waals surface area (Å²) >= 11 is 0. The van der Waals surface area contributed by atoms with Crippen LogP contribution in [-0.4, -0.2) is 75.8 Å². The molecule has 1 fully saturated rings. The first-order valence-electron chi connectivity index (χ1n) is 7.70. The normalized spacial score (nSPS) is 33.3. The molecule has 0 bridgehead atoms. The van der Waals surface area contributed by atoms with Crippen LogP contribution in [0.4, 0.5) is 4.39 Å². The maximum absolute atomic E-state index is 15.1. The average molecular weight is 404 g/mol. The number of methoxy groups -OCH3 is 2. The van der Waals surface area contributed by atoms with Crippen molar-refractivity contribution in [3.05, 3.63) is 0 Å². The van der Waals surface area contributed by atoms with Crippen molar-refractivity contribution in [1.82, 2.24) is 0 Å². The summed E-state index contributed by atoms with van der Waals surface area (Å²) in [6.45, 7) is 4.51. The van der Waals surface area contributed by atoms with Gasteiger partial charge in [0.1, 0.15) is 6.10 Å². The maximum atomic E-state index is 15.1. The number of hydrogen-bond donors (Lipinski definition) is 1. The summed E-state index contributed by atoms with van der Waals surface area (Å²) in [5.41, 5.74) is -2.99. The monoisotopic (exact) mass is 404 g/mol. The lowest BCUT2D eigenvalue weighted by atomic mass is 9.95. The van der Waals surface area contributed by atoms with Gasteiger partial charge in [0.05, 0.1) is 13.2 Å². The quantitative estimate of drug-likeness (QED) is 0.454. The highest BCUT2D eigenvalue weighted by atomic mass is 32.3. The molecular formula is C14H25FO10S. The van der Waals surface area contributed by atoms with E-state index in [1.165, 1.54) is 35.0 Å². The van der Waals surface area contributed by atoms with Crippen LogP contribution in [0.5, 0.6) is 0 Å². The highest BCUT2D eigenvalue weighted by Crippen LogP contribution is 2.40. The SMILES string of the molecule is CCOC(=O)C(C)(F)C(OS(=O)(=O)O)[C@H]1COC(C)(OC)C(C)(OC)O1. The van der Waals surface area contributed by atoms with Crippen LogP contribution in [0, 0.1) is 0 Å². The van der Waals surface area contributed by atoms with Gasteiger partial charge in [-0.25, -0.2) is 13.4 Å². The van der Waals surface area contributed by atoms with Crippen molar-refractivity contribution in [1.29, 1.82) is 0 Å². The maximum Gasteiger partial charge on any atom is 0.397 e. The smallest absolute Gasteiger partial charge is 0.397 e. The average Bonchev–Trinajstić information content (AvgIpc) is 2.54. The van der Waals surface area contributed by atoms with Crippen LogP contribution in [0.1, 0.15) is 27.7 Å². The van der Waals surface area contributed by atoms with Crippen LogP contribution in [0.2, 0.25) is 0 Å². The molecule has 0 aromatic carbocycles. The minimum atomic E-state index is -5.14. The predicted octanol–water partition coefficient (Wildman–Crippen LogP) is 0.606. The van der Waals surface area contributed by atoms with Gasteiger partial charge in [0.2, 0.25) is 17.2 Å². The van der Waals surface area contributed by atoms with Crippen LogP contribution in [-0.2, 0) is 43.1 Å². The molecule has 1 rings (SSSR count). The molecule has 10 nitrogen and oxygen atoms in total. The molecule has 0 spiro atoms. The Bertz CT molecular complexity index is 609. The molecule has 26 heavy (non-hydrogen) atoms. The molecule has 0 amide bonds. The zero-order chi connectivity index (χ0) is 20.4. The van der Waals surface area contributed by atoms with E-state index in [9.17, 15) is 13.2 Å². The first-order chi connectivity index (χ1) is 11.8. The molecule has 1 heterocycles. The fourth-order valence-corrected chi connectivity index (χ4v) is 3.02. The largest absolute Gasteiger partial charge is 0.464 e. The van der Waals surface area contributed by atoms with Crippen LogP contribution in [0.25, 0.3) is 0 Å². The third-order valence-corrected chi connectivity index (χ3v) is 4.73. The topological polar surface area (TPSA) is 127 Å². The molecular weight excluding hydrogens is 379 g/mol. The van der Waals surface area contributed by atoms with Gasteiger partial charge >= 0.3 is 16.4 Å². The number of carbonyl (C=O) groups excluding carboxylic acids is 1. The van der Waals surface area contributed by atoms with Gasteiger partial charge in [-0.15, -0.1) is 0 Å². The lowest BCUT2D eigenvalue weighted by Crippen LogP contribution is -2.66.